The molecule has 1 heterocycles. The molecule has 0 spiro atoms. The highest BCUT2D eigenvalue weighted by Gasteiger charge is 2.37. The van der Waals surface area contributed by atoms with Gasteiger partial charge in [-0.1, -0.05) is 57.5 Å². The summed E-state index contributed by atoms with van der Waals surface area (Å²) in [6.07, 6.45) is 4.33. The quantitative estimate of drug-likeness (QED) is 0.908. The monoisotopic (exact) mass is 286 g/mol. The number of nitrogens with one attached hydrogen (secondary N) is 1. The van der Waals surface area contributed by atoms with Gasteiger partial charge in [-0.15, -0.1) is 0 Å². The van der Waals surface area contributed by atoms with Gasteiger partial charge in [0.1, 0.15) is 0 Å². The van der Waals surface area contributed by atoms with Gasteiger partial charge in [0.15, 0.2) is 0 Å². The van der Waals surface area contributed by atoms with E-state index in [2.05, 4.69) is 61.3 Å². The molecule has 0 aromatic heterocycles. The third kappa shape index (κ3) is 3.49. The largest absolute Gasteiger partial charge is 0.307 e. The Labute approximate surface area is 129 Å². The zero-order chi connectivity index (χ0) is 14.9. The normalized spacial score (nSPS) is 28.3. The van der Waals surface area contributed by atoms with Crippen molar-refractivity contribution in [1.82, 2.24) is 10.2 Å². The Morgan fingerprint density at radius 1 is 1.14 bits per heavy atom. The Bertz CT molecular complexity index is 444. The smallest absolute Gasteiger partial charge is 0.0449 e. The van der Waals surface area contributed by atoms with Crippen molar-refractivity contribution in [3.63, 3.8) is 0 Å². The molecule has 1 saturated heterocycles. The van der Waals surface area contributed by atoms with E-state index in [9.17, 15) is 0 Å². The lowest BCUT2D eigenvalue weighted by Gasteiger charge is -2.48. The topological polar surface area (TPSA) is 15.3 Å². The van der Waals surface area contributed by atoms with Crippen LogP contribution >= 0.6 is 0 Å². The zero-order valence-corrected chi connectivity index (χ0v) is 13.8. The molecule has 21 heavy (non-hydrogen) atoms. The number of hydrogen-bond acceptors (Lipinski definition) is 2. The first-order valence-electron chi connectivity index (χ1n) is 8.56. The SMILES string of the molecule is CC(C)(C)C1CNC(c2ccccc2)CN1CC1CCC1. The molecule has 1 aliphatic carbocycles. The maximum atomic E-state index is 3.79. The summed E-state index contributed by atoms with van der Waals surface area (Å²) in [5.74, 6) is 0.948. The number of nitrogens with zero attached hydrogens (tertiary/aromatic N) is 1. The summed E-state index contributed by atoms with van der Waals surface area (Å²) in [7, 11) is 0. The van der Waals surface area contributed by atoms with Crippen LogP contribution in [0.5, 0.6) is 0 Å². The molecule has 1 N–H and O–H groups in total. The summed E-state index contributed by atoms with van der Waals surface area (Å²) in [6, 6.07) is 12.1. The van der Waals surface area contributed by atoms with Crippen molar-refractivity contribution in [3.05, 3.63) is 35.9 Å². The maximum Gasteiger partial charge on any atom is 0.0449 e. The lowest BCUT2D eigenvalue weighted by atomic mass is 9.80. The second kappa shape index (κ2) is 6.10. The lowest BCUT2D eigenvalue weighted by Crippen LogP contribution is -2.58. The minimum Gasteiger partial charge on any atom is -0.307 e. The number of piperazine rings is 1. The Morgan fingerprint density at radius 3 is 2.43 bits per heavy atom. The van der Waals surface area contributed by atoms with Crippen LogP contribution in [0.2, 0.25) is 0 Å². The molecule has 2 aliphatic rings. The molecule has 1 aromatic carbocycles. The van der Waals surface area contributed by atoms with Crippen LogP contribution in [0.4, 0.5) is 0 Å². The Kier molecular flexibility index (Phi) is 4.37. The van der Waals surface area contributed by atoms with Gasteiger partial charge in [0.05, 0.1) is 0 Å². The van der Waals surface area contributed by atoms with Crippen LogP contribution in [-0.2, 0) is 0 Å². The first-order chi connectivity index (χ1) is 10.0. The van der Waals surface area contributed by atoms with Crippen molar-refractivity contribution in [3.8, 4) is 0 Å². The van der Waals surface area contributed by atoms with Crippen molar-refractivity contribution in [1.29, 1.82) is 0 Å². The van der Waals surface area contributed by atoms with Gasteiger partial charge < -0.3 is 5.32 Å². The van der Waals surface area contributed by atoms with Crippen LogP contribution < -0.4 is 5.32 Å². The molecule has 0 amide bonds. The van der Waals surface area contributed by atoms with E-state index in [1.807, 2.05) is 0 Å². The van der Waals surface area contributed by atoms with Gasteiger partial charge in [-0.2, -0.15) is 0 Å². The van der Waals surface area contributed by atoms with E-state index < -0.39 is 0 Å². The lowest BCUT2D eigenvalue weighted by molar-refractivity contribution is 0.0311. The minimum atomic E-state index is 0.346. The molecule has 0 radical (unpaired) electrons. The Balaban J connectivity index is 1.72. The molecule has 1 aromatic rings. The van der Waals surface area contributed by atoms with Crippen molar-refractivity contribution in [2.75, 3.05) is 19.6 Å². The van der Waals surface area contributed by atoms with E-state index in [0.29, 0.717) is 17.5 Å². The van der Waals surface area contributed by atoms with Gasteiger partial charge in [0.2, 0.25) is 0 Å². The van der Waals surface area contributed by atoms with Gasteiger partial charge in [-0.05, 0) is 29.7 Å². The summed E-state index contributed by atoms with van der Waals surface area (Å²) in [5, 5.41) is 3.79. The summed E-state index contributed by atoms with van der Waals surface area (Å²) in [5.41, 5.74) is 1.78. The maximum absolute atomic E-state index is 3.79. The number of hydrogen-bond donors (Lipinski definition) is 1. The van der Waals surface area contributed by atoms with E-state index in [4.69, 9.17) is 0 Å². The fourth-order valence-corrected chi connectivity index (χ4v) is 3.78. The molecule has 2 nitrogen and oxygen atoms in total. The third-order valence-corrected chi connectivity index (χ3v) is 5.33. The Morgan fingerprint density at radius 2 is 1.86 bits per heavy atom. The van der Waals surface area contributed by atoms with E-state index in [-0.39, 0.29) is 0 Å². The fourth-order valence-electron chi connectivity index (χ4n) is 3.78. The Hall–Kier alpha value is -0.860. The fraction of sp³-hybridized carbons (Fsp3) is 0.684. The molecule has 116 valence electrons. The van der Waals surface area contributed by atoms with Crippen LogP contribution in [0.25, 0.3) is 0 Å². The van der Waals surface area contributed by atoms with E-state index in [1.165, 1.54) is 31.4 Å². The summed E-state index contributed by atoms with van der Waals surface area (Å²) < 4.78 is 0. The van der Waals surface area contributed by atoms with Crippen LogP contribution in [0.3, 0.4) is 0 Å². The van der Waals surface area contributed by atoms with Crippen molar-refractivity contribution < 1.29 is 0 Å². The van der Waals surface area contributed by atoms with Crippen molar-refractivity contribution >= 4 is 0 Å². The van der Waals surface area contributed by atoms with Gasteiger partial charge in [-0.25, -0.2) is 0 Å². The van der Waals surface area contributed by atoms with E-state index in [0.717, 1.165) is 19.0 Å². The number of rotatable bonds is 3. The highest BCUT2D eigenvalue weighted by Crippen LogP contribution is 2.34. The van der Waals surface area contributed by atoms with Crippen LogP contribution in [-0.4, -0.2) is 30.6 Å². The first-order valence-corrected chi connectivity index (χ1v) is 8.56. The van der Waals surface area contributed by atoms with Gasteiger partial charge in [0.25, 0.3) is 0 Å². The predicted octanol–water partition coefficient (Wildman–Crippen LogP) is 3.85. The standard InChI is InChI=1S/C19H30N2/c1-19(2,3)18-12-20-17(16-10-5-4-6-11-16)14-21(18)13-15-8-7-9-15/h4-6,10-11,15,17-18,20H,7-9,12-14H2,1-3H3. The summed E-state index contributed by atoms with van der Waals surface area (Å²) in [6.45, 7) is 10.7. The third-order valence-electron chi connectivity index (χ3n) is 5.33. The molecule has 1 saturated carbocycles. The van der Waals surface area contributed by atoms with Crippen molar-refractivity contribution in [2.24, 2.45) is 11.3 Å². The highest BCUT2D eigenvalue weighted by molar-refractivity contribution is 5.20. The summed E-state index contributed by atoms with van der Waals surface area (Å²) >= 11 is 0. The second-order valence-electron chi connectivity index (χ2n) is 8.00. The molecule has 2 unspecified atom stereocenters. The molecule has 2 atom stereocenters. The number of benzene rings is 1. The molecule has 3 rings (SSSR count). The van der Waals surface area contributed by atoms with Crippen LogP contribution in [0, 0.1) is 11.3 Å². The molecular formula is C19H30N2. The first kappa shape index (κ1) is 15.1. The highest BCUT2D eigenvalue weighted by atomic mass is 15.2. The van der Waals surface area contributed by atoms with E-state index >= 15 is 0 Å². The average molecular weight is 286 g/mol. The second-order valence-corrected chi connectivity index (χ2v) is 8.00. The predicted molar refractivity (Wildman–Crippen MR) is 89.3 cm³/mol. The van der Waals surface area contributed by atoms with Crippen molar-refractivity contribution in [2.45, 2.75) is 52.1 Å². The zero-order valence-electron chi connectivity index (χ0n) is 13.8. The van der Waals surface area contributed by atoms with Gasteiger partial charge >= 0.3 is 0 Å². The molecular weight excluding hydrogens is 256 g/mol. The minimum absolute atomic E-state index is 0.346. The van der Waals surface area contributed by atoms with E-state index in [1.54, 1.807) is 0 Å². The van der Waals surface area contributed by atoms with Crippen LogP contribution in [0.1, 0.15) is 51.6 Å². The van der Waals surface area contributed by atoms with Gasteiger partial charge in [0, 0.05) is 31.7 Å². The average Bonchev–Trinajstić information content (AvgIpc) is 2.42. The molecule has 1 aliphatic heterocycles. The molecule has 2 heteroatoms. The van der Waals surface area contributed by atoms with Crippen LogP contribution in [0.15, 0.2) is 30.3 Å². The molecule has 2 fully saturated rings. The molecule has 0 bridgehead atoms. The van der Waals surface area contributed by atoms with Gasteiger partial charge in [-0.3, -0.25) is 4.90 Å². The summed E-state index contributed by atoms with van der Waals surface area (Å²) in [4.78, 5) is 2.78.